The predicted octanol–water partition coefficient (Wildman–Crippen LogP) is 4.55. The summed E-state index contributed by atoms with van der Waals surface area (Å²) in [6, 6.07) is 7.76. The molecule has 2 nitrogen and oxygen atoms in total. The summed E-state index contributed by atoms with van der Waals surface area (Å²) in [6.07, 6.45) is 12.8. The van der Waals surface area contributed by atoms with Crippen LogP contribution in [-0.2, 0) is 11.8 Å². The number of likely N-dealkylation sites (tertiary alicyclic amines) is 1. The van der Waals surface area contributed by atoms with Gasteiger partial charge in [0, 0.05) is 18.0 Å². The lowest BCUT2D eigenvalue weighted by Crippen LogP contribution is -2.61. The third-order valence-electron chi connectivity index (χ3n) is 7.88. The molecule has 2 bridgehead atoms. The first-order chi connectivity index (χ1) is 11.8. The monoisotopic (exact) mass is 325 g/mol. The highest BCUT2D eigenvalue weighted by Crippen LogP contribution is 2.56. The third-order valence-corrected chi connectivity index (χ3v) is 7.88. The van der Waals surface area contributed by atoms with Gasteiger partial charge in [0.2, 0.25) is 0 Å². The molecule has 0 aromatic heterocycles. The molecule has 1 aliphatic heterocycles. The van der Waals surface area contributed by atoms with E-state index in [0.717, 1.165) is 23.6 Å². The summed E-state index contributed by atoms with van der Waals surface area (Å²) in [5, 5.41) is 0. The van der Waals surface area contributed by atoms with Gasteiger partial charge < -0.3 is 4.74 Å². The Morgan fingerprint density at radius 1 is 1.12 bits per heavy atom. The van der Waals surface area contributed by atoms with Crippen LogP contribution in [0.5, 0.6) is 5.75 Å². The average Bonchev–Trinajstić information content (AvgIpc) is 2.59. The van der Waals surface area contributed by atoms with Gasteiger partial charge in [0.25, 0.3) is 0 Å². The van der Waals surface area contributed by atoms with Gasteiger partial charge >= 0.3 is 0 Å². The van der Waals surface area contributed by atoms with Crippen LogP contribution in [0.1, 0.15) is 62.5 Å². The summed E-state index contributed by atoms with van der Waals surface area (Å²) < 4.78 is 5.58. The molecular weight excluding hydrogens is 294 g/mol. The summed E-state index contributed by atoms with van der Waals surface area (Å²) in [6.45, 7) is 2.71. The molecule has 0 spiro atoms. The van der Waals surface area contributed by atoms with Crippen LogP contribution in [0, 0.1) is 11.8 Å². The lowest BCUT2D eigenvalue weighted by atomic mass is 9.52. The Labute approximate surface area is 146 Å². The molecule has 24 heavy (non-hydrogen) atoms. The van der Waals surface area contributed by atoms with E-state index in [9.17, 15) is 0 Å². The van der Waals surface area contributed by atoms with Crippen molar-refractivity contribution in [2.24, 2.45) is 11.8 Å². The summed E-state index contributed by atoms with van der Waals surface area (Å²) in [5.74, 6) is 2.95. The van der Waals surface area contributed by atoms with Crippen LogP contribution in [0.25, 0.3) is 0 Å². The highest BCUT2D eigenvalue weighted by Gasteiger charge is 2.53. The van der Waals surface area contributed by atoms with Crippen LogP contribution >= 0.6 is 0 Å². The minimum absolute atomic E-state index is 0.459. The van der Waals surface area contributed by atoms with Crippen molar-refractivity contribution in [2.45, 2.75) is 69.2 Å². The number of piperidine rings is 1. The van der Waals surface area contributed by atoms with Gasteiger partial charge in [-0.1, -0.05) is 25.3 Å². The van der Waals surface area contributed by atoms with E-state index in [2.05, 4.69) is 23.1 Å². The van der Waals surface area contributed by atoms with Crippen LogP contribution in [0.2, 0.25) is 0 Å². The molecule has 1 unspecified atom stereocenters. The van der Waals surface area contributed by atoms with Crippen molar-refractivity contribution in [2.75, 3.05) is 20.2 Å². The molecule has 1 heterocycles. The van der Waals surface area contributed by atoms with E-state index in [0.29, 0.717) is 5.41 Å². The molecule has 2 saturated carbocycles. The van der Waals surface area contributed by atoms with Crippen LogP contribution in [0.15, 0.2) is 18.2 Å². The van der Waals surface area contributed by atoms with Gasteiger partial charge in [0.05, 0.1) is 7.11 Å². The van der Waals surface area contributed by atoms with Crippen molar-refractivity contribution in [3.05, 3.63) is 29.3 Å². The van der Waals surface area contributed by atoms with E-state index in [1.165, 1.54) is 70.9 Å². The molecule has 0 amide bonds. The highest BCUT2D eigenvalue weighted by molar-refractivity contribution is 5.45. The lowest BCUT2D eigenvalue weighted by molar-refractivity contribution is -0.0240. The fraction of sp³-hybridized carbons (Fsp3) is 0.727. The molecule has 4 aliphatic rings. The van der Waals surface area contributed by atoms with Crippen molar-refractivity contribution in [3.63, 3.8) is 0 Å². The van der Waals surface area contributed by atoms with Crippen molar-refractivity contribution in [1.29, 1.82) is 0 Å². The number of fused-ring (bicyclic) bond motifs is 1. The smallest absolute Gasteiger partial charge is 0.119 e. The second kappa shape index (κ2) is 5.76. The number of hydrogen-bond donors (Lipinski definition) is 0. The summed E-state index contributed by atoms with van der Waals surface area (Å²) in [4.78, 5) is 2.91. The molecule has 3 fully saturated rings. The summed E-state index contributed by atoms with van der Waals surface area (Å²) >= 11 is 0. The topological polar surface area (TPSA) is 12.5 Å². The van der Waals surface area contributed by atoms with Crippen molar-refractivity contribution in [1.82, 2.24) is 4.90 Å². The number of benzene rings is 1. The van der Waals surface area contributed by atoms with Gasteiger partial charge in [-0.3, -0.25) is 4.90 Å². The van der Waals surface area contributed by atoms with Crippen LogP contribution in [-0.4, -0.2) is 31.1 Å². The molecular formula is C22H31NO. The lowest BCUT2D eigenvalue weighted by Gasteiger charge is -2.59. The Balaban J connectivity index is 1.53. The molecule has 1 saturated heterocycles. The molecule has 3 aliphatic carbocycles. The zero-order valence-corrected chi connectivity index (χ0v) is 15.1. The average molecular weight is 325 g/mol. The standard InChI is InChI=1S/C22H31NO/c1-24-18-9-8-17-13-21-19-7-2-3-10-22(19,20(17)14-18)11-12-23(21)15-16-5-4-6-16/h8-9,14,16,19,21H,2-7,10-13,15H2,1H3/t19?,21-,22-/m1/s1. The maximum absolute atomic E-state index is 5.58. The van der Waals surface area contributed by atoms with E-state index in [-0.39, 0.29) is 0 Å². The minimum Gasteiger partial charge on any atom is -0.497 e. The maximum Gasteiger partial charge on any atom is 0.119 e. The Bertz CT molecular complexity index is 622. The van der Waals surface area contributed by atoms with E-state index in [4.69, 9.17) is 4.74 Å². The maximum atomic E-state index is 5.58. The van der Waals surface area contributed by atoms with E-state index < -0.39 is 0 Å². The summed E-state index contributed by atoms with van der Waals surface area (Å²) in [5.41, 5.74) is 3.74. The zero-order valence-electron chi connectivity index (χ0n) is 15.1. The fourth-order valence-electron chi connectivity index (χ4n) is 6.42. The number of rotatable bonds is 3. The summed E-state index contributed by atoms with van der Waals surface area (Å²) in [7, 11) is 1.81. The quantitative estimate of drug-likeness (QED) is 0.808. The van der Waals surface area contributed by atoms with Crippen LogP contribution in [0.4, 0.5) is 0 Å². The van der Waals surface area contributed by atoms with Gasteiger partial charge in [-0.25, -0.2) is 0 Å². The van der Waals surface area contributed by atoms with Gasteiger partial charge in [-0.15, -0.1) is 0 Å². The van der Waals surface area contributed by atoms with E-state index >= 15 is 0 Å². The SMILES string of the molecule is COc1ccc2c(c1)[C@@]13CCCCC1[C@@H](C2)N(CC1CCC1)CC3. The minimum atomic E-state index is 0.459. The molecule has 3 atom stereocenters. The Kier molecular flexibility index (Phi) is 3.66. The number of hydrogen-bond acceptors (Lipinski definition) is 2. The van der Waals surface area contributed by atoms with Gasteiger partial charge in [-0.2, -0.15) is 0 Å². The van der Waals surface area contributed by atoms with Crippen LogP contribution < -0.4 is 4.74 Å². The second-order valence-electron chi connectivity index (χ2n) is 8.84. The molecule has 1 aromatic rings. The van der Waals surface area contributed by atoms with Gasteiger partial charge in [0.15, 0.2) is 0 Å². The zero-order chi connectivity index (χ0) is 16.1. The number of methoxy groups -OCH3 is 1. The first-order valence-electron chi connectivity index (χ1n) is 10.2. The van der Waals surface area contributed by atoms with Crippen LogP contribution in [0.3, 0.4) is 0 Å². The highest BCUT2D eigenvalue weighted by atomic mass is 16.5. The Morgan fingerprint density at radius 3 is 2.83 bits per heavy atom. The second-order valence-corrected chi connectivity index (χ2v) is 8.84. The van der Waals surface area contributed by atoms with Crippen molar-refractivity contribution >= 4 is 0 Å². The third kappa shape index (κ3) is 2.18. The molecule has 0 N–H and O–H groups in total. The largest absolute Gasteiger partial charge is 0.497 e. The molecule has 1 aromatic carbocycles. The van der Waals surface area contributed by atoms with Gasteiger partial charge in [0.1, 0.15) is 5.75 Å². The number of ether oxygens (including phenoxy) is 1. The van der Waals surface area contributed by atoms with E-state index in [1.54, 1.807) is 11.1 Å². The van der Waals surface area contributed by atoms with Crippen molar-refractivity contribution < 1.29 is 4.74 Å². The predicted molar refractivity (Wildman–Crippen MR) is 97.7 cm³/mol. The normalized spacial score (nSPS) is 35.7. The molecule has 0 radical (unpaired) electrons. The van der Waals surface area contributed by atoms with E-state index in [1.807, 2.05) is 7.11 Å². The Morgan fingerprint density at radius 2 is 2.04 bits per heavy atom. The number of nitrogens with zero attached hydrogens (tertiary/aromatic N) is 1. The molecule has 130 valence electrons. The van der Waals surface area contributed by atoms with Gasteiger partial charge in [-0.05, 0) is 80.2 Å². The first kappa shape index (κ1) is 15.3. The fourth-order valence-corrected chi connectivity index (χ4v) is 6.42. The Hall–Kier alpha value is -1.02. The first-order valence-corrected chi connectivity index (χ1v) is 10.2. The molecule has 2 heteroatoms. The molecule has 5 rings (SSSR count). The van der Waals surface area contributed by atoms with Crippen molar-refractivity contribution in [3.8, 4) is 5.75 Å².